The number of aromatic nitrogens is 1. The maximum atomic E-state index is 11.2. The molecule has 0 spiro atoms. The molecule has 4 nitrogen and oxygen atoms in total. The predicted octanol–water partition coefficient (Wildman–Crippen LogP) is 4.27. The van der Waals surface area contributed by atoms with Gasteiger partial charge in [0.1, 0.15) is 5.75 Å². The Labute approximate surface area is 133 Å². The summed E-state index contributed by atoms with van der Waals surface area (Å²) in [5, 5.41) is 0.613. The molecule has 1 heterocycles. The van der Waals surface area contributed by atoms with Gasteiger partial charge in [-0.25, -0.2) is 4.79 Å². The van der Waals surface area contributed by atoms with Gasteiger partial charge in [0.15, 0.2) is 5.58 Å². The Hall–Kier alpha value is -1.72. The van der Waals surface area contributed by atoms with Crippen molar-refractivity contribution in [1.82, 2.24) is 4.98 Å². The molecule has 6 heteroatoms. The molecule has 0 amide bonds. The van der Waals surface area contributed by atoms with E-state index in [1.54, 1.807) is 13.2 Å². The summed E-state index contributed by atoms with van der Waals surface area (Å²) in [5.74, 6) is 0.234. The van der Waals surface area contributed by atoms with Gasteiger partial charge in [-0.2, -0.15) is 0 Å². The zero-order valence-electron chi connectivity index (χ0n) is 11.0. The minimum Gasteiger partial charge on any atom is -0.496 e. The molecule has 3 rings (SSSR count). The molecule has 3 aromatic rings. The van der Waals surface area contributed by atoms with Gasteiger partial charge in [-0.05, 0) is 29.8 Å². The van der Waals surface area contributed by atoms with E-state index in [4.69, 9.17) is 20.8 Å². The topological polar surface area (TPSA) is 55.2 Å². The first-order valence-corrected chi connectivity index (χ1v) is 7.48. The van der Waals surface area contributed by atoms with E-state index in [2.05, 4.69) is 20.9 Å². The number of halogens is 2. The van der Waals surface area contributed by atoms with Crippen molar-refractivity contribution in [3.05, 3.63) is 63.1 Å². The van der Waals surface area contributed by atoms with Crippen molar-refractivity contribution in [2.45, 2.75) is 4.83 Å². The summed E-state index contributed by atoms with van der Waals surface area (Å²) in [5.41, 5.74) is 3.09. The highest BCUT2D eigenvalue weighted by molar-refractivity contribution is 9.09. The number of benzene rings is 2. The largest absolute Gasteiger partial charge is 0.496 e. The highest BCUT2D eigenvalue weighted by Gasteiger charge is 2.17. The molecular weight excluding hydrogens is 358 g/mol. The van der Waals surface area contributed by atoms with E-state index < -0.39 is 5.76 Å². The second-order valence-corrected chi connectivity index (χ2v) is 5.87. The van der Waals surface area contributed by atoms with E-state index in [1.165, 1.54) is 0 Å². The lowest BCUT2D eigenvalue weighted by molar-refractivity contribution is 0.410. The molecule has 0 saturated heterocycles. The fourth-order valence-corrected chi connectivity index (χ4v) is 3.02. The van der Waals surface area contributed by atoms with Gasteiger partial charge in [-0.15, -0.1) is 0 Å². The molecule has 1 N–H and O–H groups in total. The number of aromatic amines is 1. The summed E-state index contributed by atoms with van der Waals surface area (Å²) in [6, 6.07) is 11.0. The molecule has 1 atom stereocenters. The minimum absolute atomic E-state index is 0.102. The molecule has 0 radical (unpaired) electrons. The normalized spacial score (nSPS) is 12.5. The fourth-order valence-electron chi connectivity index (χ4n) is 2.19. The predicted molar refractivity (Wildman–Crippen MR) is 85.6 cm³/mol. The lowest BCUT2D eigenvalue weighted by atomic mass is 10.0. The Balaban J connectivity index is 2.07. The fraction of sp³-hybridized carbons (Fsp3) is 0.133. The van der Waals surface area contributed by atoms with Gasteiger partial charge < -0.3 is 9.15 Å². The average Bonchev–Trinajstić information content (AvgIpc) is 2.85. The number of alkyl halides is 1. The van der Waals surface area contributed by atoms with Crippen LogP contribution in [0.15, 0.2) is 45.6 Å². The Morgan fingerprint density at radius 1 is 1.29 bits per heavy atom. The number of hydrogen-bond donors (Lipinski definition) is 1. The Morgan fingerprint density at radius 3 is 2.86 bits per heavy atom. The Morgan fingerprint density at radius 2 is 2.10 bits per heavy atom. The highest BCUT2D eigenvalue weighted by atomic mass is 79.9. The molecule has 0 aliphatic carbocycles. The molecule has 21 heavy (non-hydrogen) atoms. The lowest BCUT2D eigenvalue weighted by Gasteiger charge is -2.15. The molecular formula is C15H11BrClNO3. The molecule has 0 saturated carbocycles. The van der Waals surface area contributed by atoms with Gasteiger partial charge in [0, 0.05) is 10.6 Å². The quantitative estimate of drug-likeness (QED) is 0.703. The minimum atomic E-state index is -0.461. The van der Waals surface area contributed by atoms with Crippen LogP contribution in [-0.4, -0.2) is 12.1 Å². The summed E-state index contributed by atoms with van der Waals surface area (Å²) in [7, 11) is 1.60. The zero-order valence-corrected chi connectivity index (χ0v) is 13.4. The molecule has 1 aromatic heterocycles. The van der Waals surface area contributed by atoms with Crippen LogP contribution in [0, 0.1) is 0 Å². The summed E-state index contributed by atoms with van der Waals surface area (Å²) >= 11 is 9.63. The Kier molecular flexibility index (Phi) is 3.78. The third kappa shape index (κ3) is 2.71. The van der Waals surface area contributed by atoms with Crippen LogP contribution in [0.3, 0.4) is 0 Å². The molecule has 0 fully saturated rings. The lowest BCUT2D eigenvalue weighted by Crippen LogP contribution is -1.97. The average molecular weight is 369 g/mol. The Bertz CT molecular complexity index is 855. The van der Waals surface area contributed by atoms with Crippen LogP contribution in [0.2, 0.25) is 5.02 Å². The van der Waals surface area contributed by atoms with Gasteiger partial charge in [-0.3, -0.25) is 4.98 Å². The highest BCUT2D eigenvalue weighted by Crippen LogP contribution is 2.38. The summed E-state index contributed by atoms with van der Waals surface area (Å²) in [6.07, 6.45) is 0. The van der Waals surface area contributed by atoms with Crippen molar-refractivity contribution < 1.29 is 9.15 Å². The van der Waals surface area contributed by atoms with E-state index >= 15 is 0 Å². The van der Waals surface area contributed by atoms with Gasteiger partial charge >= 0.3 is 5.76 Å². The zero-order chi connectivity index (χ0) is 15.0. The first-order valence-electron chi connectivity index (χ1n) is 6.19. The van der Waals surface area contributed by atoms with E-state index in [0.717, 1.165) is 11.1 Å². The maximum Gasteiger partial charge on any atom is 0.417 e. The van der Waals surface area contributed by atoms with E-state index in [1.807, 2.05) is 30.3 Å². The smallest absolute Gasteiger partial charge is 0.417 e. The van der Waals surface area contributed by atoms with Crippen LogP contribution in [0.4, 0.5) is 0 Å². The van der Waals surface area contributed by atoms with Crippen LogP contribution in [0.5, 0.6) is 5.75 Å². The molecule has 0 aliphatic rings. The van der Waals surface area contributed by atoms with E-state index in [9.17, 15) is 4.79 Å². The van der Waals surface area contributed by atoms with Crippen LogP contribution < -0.4 is 10.5 Å². The maximum absolute atomic E-state index is 11.2. The molecule has 1 unspecified atom stereocenters. The number of oxazole rings is 1. The van der Waals surface area contributed by atoms with Crippen LogP contribution in [-0.2, 0) is 0 Å². The number of fused-ring (bicyclic) bond motifs is 1. The van der Waals surface area contributed by atoms with E-state index in [-0.39, 0.29) is 4.83 Å². The second kappa shape index (κ2) is 5.58. The summed E-state index contributed by atoms with van der Waals surface area (Å²) < 4.78 is 10.5. The van der Waals surface area contributed by atoms with Gasteiger partial charge in [0.25, 0.3) is 0 Å². The number of rotatable bonds is 3. The number of hydrogen-bond acceptors (Lipinski definition) is 3. The molecule has 2 aromatic carbocycles. The van der Waals surface area contributed by atoms with E-state index in [0.29, 0.717) is 21.9 Å². The number of methoxy groups -OCH3 is 1. The standard InChI is InChI=1S/C15H11BrClNO3/c1-20-12-7-9(17)3-4-10(12)14(16)8-2-5-11-13(6-8)21-15(19)18-11/h2-7,14H,1H3,(H,18,19). The van der Waals surface area contributed by atoms with Crippen LogP contribution >= 0.6 is 27.5 Å². The van der Waals surface area contributed by atoms with Gasteiger partial charge in [-0.1, -0.05) is 39.7 Å². The third-order valence-corrected chi connectivity index (χ3v) is 4.46. The van der Waals surface area contributed by atoms with Crippen molar-refractivity contribution >= 4 is 38.6 Å². The van der Waals surface area contributed by atoms with Gasteiger partial charge in [0.05, 0.1) is 17.5 Å². The molecule has 108 valence electrons. The SMILES string of the molecule is COc1cc(Cl)ccc1C(Br)c1ccc2[nH]c(=O)oc2c1. The van der Waals surface area contributed by atoms with Crippen molar-refractivity contribution in [2.75, 3.05) is 7.11 Å². The van der Waals surface area contributed by atoms with Crippen LogP contribution in [0.25, 0.3) is 11.1 Å². The van der Waals surface area contributed by atoms with Crippen molar-refractivity contribution in [2.24, 2.45) is 0 Å². The summed E-state index contributed by atoms with van der Waals surface area (Å²) in [4.78, 5) is 13.7. The second-order valence-electron chi connectivity index (χ2n) is 4.52. The first kappa shape index (κ1) is 14.2. The van der Waals surface area contributed by atoms with Crippen molar-refractivity contribution in [3.8, 4) is 5.75 Å². The summed E-state index contributed by atoms with van der Waals surface area (Å²) in [6.45, 7) is 0. The van der Waals surface area contributed by atoms with Crippen LogP contribution in [0.1, 0.15) is 16.0 Å². The monoisotopic (exact) mass is 367 g/mol. The van der Waals surface area contributed by atoms with Crippen molar-refractivity contribution in [3.63, 3.8) is 0 Å². The molecule has 0 aliphatic heterocycles. The first-order chi connectivity index (χ1) is 10.1. The third-order valence-electron chi connectivity index (χ3n) is 3.21. The number of ether oxygens (including phenoxy) is 1. The van der Waals surface area contributed by atoms with Crippen molar-refractivity contribution in [1.29, 1.82) is 0 Å². The number of nitrogens with one attached hydrogen (secondary N) is 1. The number of H-pyrrole nitrogens is 1. The molecule has 0 bridgehead atoms. The van der Waals surface area contributed by atoms with Gasteiger partial charge in [0.2, 0.25) is 0 Å².